The van der Waals surface area contributed by atoms with Crippen molar-refractivity contribution in [2.45, 2.75) is 38.0 Å². The van der Waals surface area contributed by atoms with Crippen LogP contribution in [0.5, 0.6) is 0 Å². The van der Waals surface area contributed by atoms with Crippen molar-refractivity contribution < 1.29 is 27.5 Å². The maximum absolute atomic E-state index is 14.4. The van der Waals surface area contributed by atoms with Gasteiger partial charge in [-0.2, -0.15) is 13.2 Å². The number of nitrogens with zero attached hydrogens (tertiary/aromatic N) is 2. The summed E-state index contributed by atoms with van der Waals surface area (Å²) >= 11 is 0. The second kappa shape index (κ2) is 6.51. The summed E-state index contributed by atoms with van der Waals surface area (Å²) < 4.78 is 62.5. The number of hydrogen-bond acceptors (Lipinski definition) is 4. The molecule has 1 N–H and O–H groups in total. The third-order valence-corrected chi connectivity index (χ3v) is 4.46. The Bertz CT molecular complexity index is 799. The van der Waals surface area contributed by atoms with Crippen molar-refractivity contribution >= 4 is 11.5 Å². The van der Waals surface area contributed by atoms with E-state index in [9.17, 15) is 22.8 Å². The quantitative estimate of drug-likeness (QED) is 0.786. The third-order valence-electron chi connectivity index (χ3n) is 4.46. The molecule has 1 aromatic rings. The highest BCUT2D eigenvalue weighted by molar-refractivity contribution is 6.05. The number of amidine groups is 1. The third kappa shape index (κ3) is 2.93. The van der Waals surface area contributed by atoms with Crippen molar-refractivity contribution in [3.05, 3.63) is 53.5 Å². The van der Waals surface area contributed by atoms with Crippen LogP contribution in [0.4, 0.5) is 23.2 Å². The molecule has 0 aromatic heterocycles. The van der Waals surface area contributed by atoms with E-state index in [4.69, 9.17) is 4.74 Å². The van der Waals surface area contributed by atoms with Gasteiger partial charge >= 0.3 is 6.18 Å². The van der Waals surface area contributed by atoms with Crippen LogP contribution in [0.15, 0.2) is 47.1 Å². The Morgan fingerprint density at radius 2 is 2.04 bits per heavy atom. The van der Waals surface area contributed by atoms with Gasteiger partial charge < -0.3 is 4.74 Å². The smallest absolute Gasteiger partial charge is 0.379 e. The number of fused-ring (bicyclic) bond motifs is 2. The summed E-state index contributed by atoms with van der Waals surface area (Å²) in [6, 6.07) is 3.09. The standard InChI is InChI=1S/C18H18F4N2O2/c1-11(2)26-9-7-17(18(20,21)22)13-4-3-8-24(25)16(13)23-15-6-5-12(19)10-14(15)17/h3-6,8,10-11,25H,7,9H2,1-2H3. The zero-order valence-electron chi connectivity index (χ0n) is 14.2. The van der Waals surface area contributed by atoms with Crippen LogP contribution in [0, 0.1) is 5.82 Å². The maximum atomic E-state index is 14.4. The molecule has 2 aliphatic rings. The molecule has 0 saturated carbocycles. The predicted octanol–water partition coefficient (Wildman–Crippen LogP) is 4.63. The minimum Gasteiger partial charge on any atom is -0.379 e. The van der Waals surface area contributed by atoms with Crippen molar-refractivity contribution in [1.29, 1.82) is 0 Å². The average molecular weight is 370 g/mol. The predicted molar refractivity (Wildman–Crippen MR) is 87.8 cm³/mol. The molecule has 1 aromatic carbocycles. The first-order valence-electron chi connectivity index (χ1n) is 8.11. The van der Waals surface area contributed by atoms with Gasteiger partial charge in [-0.3, -0.25) is 5.21 Å². The zero-order chi connectivity index (χ0) is 19.1. The van der Waals surface area contributed by atoms with Gasteiger partial charge in [0, 0.05) is 23.9 Å². The van der Waals surface area contributed by atoms with Gasteiger partial charge in [0.1, 0.15) is 11.2 Å². The molecule has 0 spiro atoms. The Balaban J connectivity index is 2.24. The van der Waals surface area contributed by atoms with E-state index in [1.807, 2.05) is 0 Å². The lowest BCUT2D eigenvalue weighted by Gasteiger charge is -2.43. The highest BCUT2D eigenvalue weighted by atomic mass is 19.4. The SMILES string of the molecule is CC(C)OCCC1(C(F)(F)F)C2=CC=CN(O)C2=Nc2ccc(F)cc21. The summed E-state index contributed by atoms with van der Waals surface area (Å²) in [5.41, 5.74) is -3.09. The van der Waals surface area contributed by atoms with Crippen molar-refractivity contribution in [1.82, 2.24) is 5.06 Å². The molecule has 0 bridgehead atoms. The van der Waals surface area contributed by atoms with Crippen molar-refractivity contribution in [2.75, 3.05) is 6.61 Å². The number of benzene rings is 1. The molecule has 8 heteroatoms. The maximum Gasteiger partial charge on any atom is 0.402 e. The molecule has 4 nitrogen and oxygen atoms in total. The van der Waals surface area contributed by atoms with Crippen LogP contribution in [0.25, 0.3) is 0 Å². The van der Waals surface area contributed by atoms with Gasteiger partial charge in [-0.25, -0.2) is 14.4 Å². The van der Waals surface area contributed by atoms with E-state index >= 15 is 0 Å². The number of allylic oxidation sites excluding steroid dienone is 2. The minimum absolute atomic E-state index is 0.0326. The zero-order valence-corrected chi connectivity index (χ0v) is 14.2. The van der Waals surface area contributed by atoms with Crippen LogP contribution < -0.4 is 0 Å². The Kier molecular flexibility index (Phi) is 4.66. The molecule has 3 rings (SSSR count). The Morgan fingerprint density at radius 1 is 1.31 bits per heavy atom. The van der Waals surface area contributed by atoms with E-state index in [0.717, 1.165) is 12.1 Å². The van der Waals surface area contributed by atoms with Crippen molar-refractivity contribution in [3.8, 4) is 0 Å². The molecule has 2 heterocycles. The molecule has 1 unspecified atom stereocenters. The first-order chi connectivity index (χ1) is 12.2. The highest BCUT2D eigenvalue weighted by Gasteiger charge is 2.61. The van der Waals surface area contributed by atoms with E-state index in [-0.39, 0.29) is 35.4 Å². The number of hydrogen-bond donors (Lipinski definition) is 1. The van der Waals surface area contributed by atoms with E-state index < -0.39 is 23.8 Å². The molecule has 26 heavy (non-hydrogen) atoms. The summed E-state index contributed by atoms with van der Waals surface area (Å²) in [6.07, 6.45) is -1.72. The number of aliphatic imine (C=N–C) groups is 1. The van der Waals surface area contributed by atoms with Crippen molar-refractivity contribution in [3.63, 3.8) is 0 Å². The number of rotatable bonds is 4. The van der Waals surface area contributed by atoms with Crippen LogP contribution in [-0.2, 0) is 10.2 Å². The largest absolute Gasteiger partial charge is 0.402 e. The molecule has 0 amide bonds. The van der Waals surface area contributed by atoms with Crippen LogP contribution >= 0.6 is 0 Å². The monoisotopic (exact) mass is 370 g/mol. The fourth-order valence-electron chi connectivity index (χ4n) is 3.30. The van der Waals surface area contributed by atoms with Gasteiger partial charge in [0.25, 0.3) is 0 Å². The van der Waals surface area contributed by atoms with E-state index in [1.54, 1.807) is 13.8 Å². The molecular weight excluding hydrogens is 352 g/mol. The molecule has 1 atom stereocenters. The topological polar surface area (TPSA) is 45.1 Å². The Labute approximate surface area is 148 Å². The molecule has 0 aliphatic carbocycles. The van der Waals surface area contributed by atoms with Gasteiger partial charge in [0.05, 0.1) is 11.8 Å². The number of alkyl halides is 3. The summed E-state index contributed by atoms with van der Waals surface area (Å²) in [5.74, 6) is -1.01. The van der Waals surface area contributed by atoms with E-state index in [0.29, 0.717) is 5.06 Å². The Hall–Kier alpha value is -2.19. The van der Waals surface area contributed by atoms with E-state index in [2.05, 4.69) is 4.99 Å². The fraction of sp³-hybridized carbons (Fsp3) is 0.389. The first kappa shape index (κ1) is 18.6. The molecule has 0 fully saturated rings. The lowest BCUT2D eigenvalue weighted by Crippen LogP contribution is -2.51. The van der Waals surface area contributed by atoms with Crippen LogP contribution in [-0.4, -0.2) is 35.0 Å². The second-order valence-corrected chi connectivity index (χ2v) is 6.44. The van der Waals surface area contributed by atoms with Gasteiger partial charge in [-0.1, -0.05) is 6.08 Å². The number of ether oxygens (including phenoxy) is 1. The Morgan fingerprint density at radius 3 is 2.69 bits per heavy atom. The second-order valence-electron chi connectivity index (χ2n) is 6.44. The van der Waals surface area contributed by atoms with Crippen LogP contribution in [0.2, 0.25) is 0 Å². The number of hydroxylamine groups is 2. The number of halogens is 4. The van der Waals surface area contributed by atoms with Gasteiger partial charge in [0.2, 0.25) is 0 Å². The summed E-state index contributed by atoms with van der Waals surface area (Å²) in [4.78, 5) is 4.11. The summed E-state index contributed by atoms with van der Waals surface area (Å²) in [5, 5.41) is 10.5. The van der Waals surface area contributed by atoms with Gasteiger partial charge in [-0.15, -0.1) is 0 Å². The highest BCUT2D eigenvalue weighted by Crippen LogP contribution is 2.55. The minimum atomic E-state index is -4.76. The van der Waals surface area contributed by atoms with Crippen molar-refractivity contribution in [2.24, 2.45) is 4.99 Å². The lowest BCUT2D eigenvalue weighted by atomic mass is 9.68. The lowest BCUT2D eigenvalue weighted by molar-refractivity contribution is -0.184. The molecule has 0 radical (unpaired) electrons. The van der Waals surface area contributed by atoms with Gasteiger partial charge in [-0.05, 0) is 44.5 Å². The summed E-state index contributed by atoms with van der Waals surface area (Å²) in [7, 11) is 0. The van der Waals surface area contributed by atoms with Crippen LogP contribution in [0.3, 0.4) is 0 Å². The molecule has 2 aliphatic heterocycles. The first-order valence-corrected chi connectivity index (χ1v) is 8.11. The molecule has 140 valence electrons. The summed E-state index contributed by atoms with van der Waals surface area (Å²) in [6.45, 7) is 3.26. The normalized spacial score (nSPS) is 22.1. The van der Waals surface area contributed by atoms with E-state index in [1.165, 1.54) is 24.4 Å². The van der Waals surface area contributed by atoms with Gasteiger partial charge in [0.15, 0.2) is 5.84 Å². The van der Waals surface area contributed by atoms with Crippen LogP contribution in [0.1, 0.15) is 25.8 Å². The molecule has 0 saturated heterocycles. The fourth-order valence-corrected chi connectivity index (χ4v) is 3.30. The molecular formula is C18H18F4N2O2. The average Bonchev–Trinajstić information content (AvgIpc) is 2.54.